The minimum Gasteiger partial charge on any atom is -0.333 e. The number of aromatic amines is 1. The molecular formula is C12H9ClN4S2. The van der Waals surface area contributed by atoms with Crippen LogP contribution in [-0.2, 0) is 5.75 Å². The zero-order valence-electron chi connectivity index (χ0n) is 9.71. The minimum absolute atomic E-state index is 0.641. The Labute approximate surface area is 123 Å². The summed E-state index contributed by atoms with van der Waals surface area (Å²) < 4.78 is 4.44. The van der Waals surface area contributed by atoms with Gasteiger partial charge in [-0.05, 0) is 5.56 Å². The standard InChI is InChI=1S/C12H9ClN4S2/c13-11-10(16-17-19-11)7-18-12-14-6-9(15-12)8-4-2-1-3-5-8/h1-6H,7H2,(H,14,15). The van der Waals surface area contributed by atoms with E-state index < -0.39 is 0 Å². The summed E-state index contributed by atoms with van der Waals surface area (Å²) in [5.41, 5.74) is 2.93. The van der Waals surface area contributed by atoms with Crippen molar-refractivity contribution in [3.05, 3.63) is 46.6 Å². The van der Waals surface area contributed by atoms with Crippen LogP contribution in [0, 0.1) is 0 Å². The van der Waals surface area contributed by atoms with E-state index in [9.17, 15) is 0 Å². The molecule has 0 aliphatic heterocycles. The van der Waals surface area contributed by atoms with Crippen molar-refractivity contribution < 1.29 is 0 Å². The van der Waals surface area contributed by atoms with E-state index in [0.29, 0.717) is 10.1 Å². The van der Waals surface area contributed by atoms with Crippen molar-refractivity contribution >= 4 is 34.9 Å². The van der Waals surface area contributed by atoms with Gasteiger partial charge in [0.05, 0.1) is 11.9 Å². The van der Waals surface area contributed by atoms with Crippen LogP contribution in [0.15, 0.2) is 41.7 Å². The second kappa shape index (κ2) is 5.73. The molecule has 1 aromatic carbocycles. The third kappa shape index (κ3) is 2.97. The number of hydrogen-bond donors (Lipinski definition) is 1. The highest BCUT2D eigenvalue weighted by Gasteiger charge is 2.08. The van der Waals surface area contributed by atoms with Crippen molar-refractivity contribution in [3.63, 3.8) is 0 Å². The van der Waals surface area contributed by atoms with E-state index in [1.807, 2.05) is 36.5 Å². The van der Waals surface area contributed by atoms with Crippen molar-refractivity contribution in [2.24, 2.45) is 0 Å². The predicted octanol–water partition coefficient (Wildman–Crippen LogP) is 3.87. The van der Waals surface area contributed by atoms with Crippen molar-refractivity contribution in [2.75, 3.05) is 0 Å². The van der Waals surface area contributed by atoms with Crippen LogP contribution in [0.5, 0.6) is 0 Å². The molecule has 0 aliphatic rings. The molecular weight excluding hydrogens is 300 g/mol. The first-order valence-corrected chi connectivity index (χ1v) is 7.66. The molecule has 0 spiro atoms. The van der Waals surface area contributed by atoms with Crippen LogP contribution in [0.4, 0.5) is 0 Å². The maximum absolute atomic E-state index is 5.96. The van der Waals surface area contributed by atoms with Crippen LogP contribution >= 0.6 is 34.9 Å². The van der Waals surface area contributed by atoms with Gasteiger partial charge in [0, 0.05) is 17.3 Å². The van der Waals surface area contributed by atoms with Gasteiger partial charge in [0.2, 0.25) is 0 Å². The number of aromatic nitrogens is 4. The monoisotopic (exact) mass is 308 g/mol. The molecule has 4 nitrogen and oxygen atoms in total. The lowest BCUT2D eigenvalue weighted by Gasteiger charge is -1.96. The molecule has 96 valence electrons. The van der Waals surface area contributed by atoms with Crippen LogP contribution in [0.1, 0.15) is 5.69 Å². The molecule has 0 saturated heterocycles. The van der Waals surface area contributed by atoms with Crippen molar-refractivity contribution in [1.82, 2.24) is 19.6 Å². The number of imidazole rings is 1. The highest BCUT2D eigenvalue weighted by atomic mass is 35.5. The second-order valence-corrected chi connectivity index (χ2v) is 6.07. The summed E-state index contributed by atoms with van der Waals surface area (Å²) in [5, 5.41) is 4.82. The fraction of sp³-hybridized carbons (Fsp3) is 0.0833. The molecule has 19 heavy (non-hydrogen) atoms. The van der Waals surface area contributed by atoms with Gasteiger partial charge < -0.3 is 4.98 Å². The lowest BCUT2D eigenvalue weighted by atomic mass is 10.2. The van der Waals surface area contributed by atoms with Gasteiger partial charge in [0.1, 0.15) is 10.0 Å². The number of halogens is 1. The Morgan fingerprint density at radius 1 is 1.26 bits per heavy atom. The lowest BCUT2D eigenvalue weighted by molar-refractivity contribution is 1.04. The van der Waals surface area contributed by atoms with Gasteiger partial charge in [-0.3, -0.25) is 0 Å². The number of H-pyrrole nitrogens is 1. The first-order chi connectivity index (χ1) is 9.33. The Morgan fingerprint density at radius 2 is 2.11 bits per heavy atom. The zero-order valence-corrected chi connectivity index (χ0v) is 12.1. The molecule has 0 amide bonds. The minimum atomic E-state index is 0.641. The van der Waals surface area contributed by atoms with Gasteiger partial charge in [-0.25, -0.2) is 4.98 Å². The van der Waals surface area contributed by atoms with Gasteiger partial charge in [0.25, 0.3) is 0 Å². The van der Waals surface area contributed by atoms with Gasteiger partial charge in [-0.15, -0.1) is 5.10 Å². The van der Waals surface area contributed by atoms with E-state index in [2.05, 4.69) is 19.6 Å². The number of nitrogens with zero attached hydrogens (tertiary/aromatic N) is 3. The predicted molar refractivity (Wildman–Crippen MR) is 78.5 cm³/mol. The number of rotatable bonds is 4. The van der Waals surface area contributed by atoms with Gasteiger partial charge >= 0.3 is 0 Å². The molecule has 0 radical (unpaired) electrons. The molecule has 0 bridgehead atoms. The second-order valence-electron chi connectivity index (χ2n) is 3.75. The number of nitrogens with one attached hydrogen (secondary N) is 1. The van der Waals surface area contributed by atoms with E-state index in [0.717, 1.165) is 22.1 Å². The van der Waals surface area contributed by atoms with E-state index >= 15 is 0 Å². The maximum Gasteiger partial charge on any atom is 0.166 e. The summed E-state index contributed by atoms with van der Waals surface area (Å²) in [6.07, 6.45) is 1.83. The Hall–Kier alpha value is -1.37. The first kappa shape index (κ1) is 12.7. The summed E-state index contributed by atoms with van der Waals surface area (Å²) in [7, 11) is 0. The van der Waals surface area contributed by atoms with E-state index in [-0.39, 0.29) is 0 Å². The molecule has 2 heterocycles. The molecule has 3 aromatic rings. The molecule has 2 aromatic heterocycles. The third-order valence-corrected chi connectivity index (χ3v) is 4.38. The Morgan fingerprint density at radius 3 is 2.84 bits per heavy atom. The van der Waals surface area contributed by atoms with Crippen molar-refractivity contribution in [3.8, 4) is 11.3 Å². The molecule has 3 rings (SSSR count). The van der Waals surface area contributed by atoms with Gasteiger partial charge in [-0.1, -0.05) is 58.2 Å². The van der Waals surface area contributed by atoms with Crippen LogP contribution in [0.3, 0.4) is 0 Å². The average Bonchev–Trinajstić information content (AvgIpc) is 3.06. The molecule has 7 heteroatoms. The Kier molecular flexibility index (Phi) is 3.82. The average molecular weight is 309 g/mol. The first-order valence-electron chi connectivity index (χ1n) is 5.53. The summed E-state index contributed by atoms with van der Waals surface area (Å²) in [5.74, 6) is 0.664. The summed E-state index contributed by atoms with van der Waals surface area (Å²) >= 11 is 8.72. The van der Waals surface area contributed by atoms with E-state index in [4.69, 9.17) is 11.6 Å². The fourth-order valence-electron chi connectivity index (χ4n) is 1.56. The zero-order chi connectivity index (χ0) is 13.1. The Balaban J connectivity index is 1.70. The smallest absolute Gasteiger partial charge is 0.166 e. The fourth-order valence-corrected chi connectivity index (χ4v) is 3.14. The summed E-state index contributed by atoms with van der Waals surface area (Å²) in [6, 6.07) is 10.1. The van der Waals surface area contributed by atoms with Crippen LogP contribution in [0.2, 0.25) is 4.34 Å². The molecule has 0 atom stereocenters. The van der Waals surface area contributed by atoms with Crippen LogP contribution in [0.25, 0.3) is 11.3 Å². The van der Waals surface area contributed by atoms with Gasteiger partial charge in [0.15, 0.2) is 5.16 Å². The lowest BCUT2D eigenvalue weighted by Crippen LogP contribution is -1.83. The largest absolute Gasteiger partial charge is 0.333 e. The molecule has 0 saturated carbocycles. The van der Waals surface area contributed by atoms with Crippen molar-refractivity contribution in [1.29, 1.82) is 0 Å². The quantitative estimate of drug-likeness (QED) is 0.743. The third-order valence-electron chi connectivity index (χ3n) is 2.49. The molecule has 0 aliphatic carbocycles. The van der Waals surface area contributed by atoms with E-state index in [1.54, 1.807) is 11.8 Å². The topological polar surface area (TPSA) is 54.5 Å². The van der Waals surface area contributed by atoms with Crippen molar-refractivity contribution in [2.45, 2.75) is 10.9 Å². The number of benzene rings is 1. The SMILES string of the molecule is Clc1snnc1CSc1ncc(-c2ccccc2)[nH]1. The normalized spacial score (nSPS) is 10.8. The van der Waals surface area contributed by atoms with E-state index in [1.165, 1.54) is 11.5 Å². The van der Waals surface area contributed by atoms with Gasteiger partial charge in [-0.2, -0.15) is 0 Å². The Bertz CT molecular complexity index is 665. The summed E-state index contributed by atoms with van der Waals surface area (Å²) in [6.45, 7) is 0. The van der Waals surface area contributed by atoms with Crippen LogP contribution in [-0.4, -0.2) is 19.6 Å². The highest BCUT2D eigenvalue weighted by Crippen LogP contribution is 2.27. The molecule has 1 N–H and O–H groups in total. The number of thioether (sulfide) groups is 1. The molecule has 0 fully saturated rings. The number of hydrogen-bond acceptors (Lipinski definition) is 5. The summed E-state index contributed by atoms with van der Waals surface area (Å²) in [4.78, 5) is 7.62. The van der Waals surface area contributed by atoms with Crippen LogP contribution < -0.4 is 0 Å². The maximum atomic E-state index is 5.96. The molecule has 0 unspecified atom stereocenters. The highest BCUT2D eigenvalue weighted by molar-refractivity contribution is 7.98.